The first-order chi connectivity index (χ1) is 9.77. The third-order valence-electron chi connectivity index (χ3n) is 2.74. The van der Waals surface area contributed by atoms with Gasteiger partial charge in [0.2, 0.25) is 0 Å². The van der Waals surface area contributed by atoms with Crippen LogP contribution < -0.4 is 5.56 Å². The van der Waals surface area contributed by atoms with Crippen molar-refractivity contribution in [2.24, 2.45) is 0 Å². The summed E-state index contributed by atoms with van der Waals surface area (Å²) in [4.78, 5) is 11.6. The largest absolute Gasteiger partial charge is 0.272 e. The van der Waals surface area contributed by atoms with Crippen molar-refractivity contribution in [1.29, 1.82) is 0 Å². The van der Waals surface area contributed by atoms with Crippen LogP contribution in [0, 0.1) is 0 Å². The van der Waals surface area contributed by atoms with Crippen molar-refractivity contribution < 1.29 is 1.37 Å². The minimum atomic E-state index is -0.153. The molecule has 3 aromatic rings. The van der Waals surface area contributed by atoms with Crippen LogP contribution in [0.4, 0.5) is 0 Å². The Morgan fingerprint density at radius 2 is 1.58 bits per heavy atom. The molecule has 3 nitrogen and oxygen atoms in total. The number of nitrogens with one attached hydrogen (secondary N) is 1. The molecule has 0 fully saturated rings. The molecule has 0 spiro atoms. The van der Waals surface area contributed by atoms with Gasteiger partial charge in [0.25, 0.3) is 5.56 Å². The van der Waals surface area contributed by atoms with Gasteiger partial charge in [-0.05, 0) is 6.07 Å². The first kappa shape index (κ1) is 11.7. The predicted octanol–water partition coefficient (Wildman–Crippen LogP) is 3.62. The van der Waals surface area contributed by atoms with Crippen LogP contribution in [0.2, 0.25) is 0 Å². The average molecular weight is 253 g/mol. The predicted molar refractivity (Wildman–Crippen MR) is 79.1 cm³/mol. The summed E-state index contributed by atoms with van der Waals surface area (Å²) in [5.74, 6) is 0. The molecule has 0 amide bonds. The summed E-state index contributed by atoms with van der Waals surface area (Å²) in [6.07, 6.45) is 0. The molecule has 0 atom stereocenters. The summed E-state index contributed by atoms with van der Waals surface area (Å²) in [6.45, 7) is 2.29. The Morgan fingerprint density at radius 3 is 2.26 bits per heavy atom. The summed E-state index contributed by atoms with van der Waals surface area (Å²) in [7, 11) is 0. The van der Waals surface area contributed by atoms with Gasteiger partial charge in [0.05, 0.1) is 11.1 Å². The van der Waals surface area contributed by atoms with E-state index >= 15 is 0 Å². The lowest BCUT2D eigenvalue weighted by Gasteiger charge is -2.04. The van der Waals surface area contributed by atoms with E-state index in [1.807, 2.05) is 54.6 Å². The van der Waals surface area contributed by atoms with Gasteiger partial charge < -0.3 is 0 Å². The molecule has 0 unspecified atom stereocenters. The van der Waals surface area contributed by atoms with Crippen LogP contribution in [0.5, 0.6) is 0 Å². The molecule has 2 aromatic carbocycles. The second-order valence-electron chi connectivity index (χ2n) is 3.81. The molecule has 0 aliphatic rings. The van der Waals surface area contributed by atoms with Gasteiger partial charge in [-0.3, -0.25) is 4.79 Å². The highest BCUT2D eigenvalue weighted by atomic mass is 16.1. The van der Waals surface area contributed by atoms with Crippen molar-refractivity contribution in [3.63, 3.8) is 0 Å². The van der Waals surface area contributed by atoms with E-state index in [9.17, 15) is 4.79 Å². The van der Waals surface area contributed by atoms with Crippen LogP contribution in [0.15, 0.2) is 59.4 Å². The molecular formula is C16H16N2O. The van der Waals surface area contributed by atoms with Crippen molar-refractivity contribution in [3.05, 3.63) is 65.0 Å². The maximum absolute atomic E-state index is 11.6. The summed E-state index contributed by atoms with van der Waals surface area (Å²) in [5, 5.41) is 8.22. The first-order valence-electron chi connectivity index (χ1n) is 6.80. The summed E-state index contributed by atoms with van der Waals surface area (Å²) in [6, 6.07) is 17.3. The van der Waals surface area contributed by atoms with Gasteiger partial charge >= 0.3 is 0 Å². The van der Waals surface area contributed by atoms with E-state index in [0.717, 1.165) is 16.6 Å². The van der Waals surface area contributed by atoms with Crippen LogP contribution in [-0.4, -0.2) is 10.2 Å². The van der Waals surface area contributed by atoms with Crippen molar-refractivity contribution in [2.45, 2.75) is 13.8 Å². The van der Waals surface area contributed by atoms with E-state index in [2.05, 4.69) is 10.2 Å². The Hall–Kier alpha value is -2.42. The first-order valence-corrected chi connectivity index (χ1v) is 6.10. The van der Waals surface area contributed by atoms with Crippen LogP contribution >= 0.6 is 0 Å². The highest BCUT2D eigenvalue weighted by Crippen LogP contribution is 2.23. The number of nitrogens with zero attached hydrogens (tertiary/aromatic N) is 1. The Labute approximate surface area is 113 Å². The normalized spacial score (nSPS) is 10.5. The highest BCUT2D eigenvalue weighted by Gasteiger charge is 2.06. The summed E-state index contributed by atoms with van der Waals surface area (Å²) < 4.78 is 6.21. The number of rotatable bonds is 1. The molecule has 0 aliphatic heterocycles. The molecule has 0 saturated carbocycles. The maximum atomic E-state index is 11.6. The minimum Gasteiger partial charge on any atom is -0.267 e. The Balaban J connectivity index is 0.000000452. The average Bonchev–Trinajstić information content (AvgIpc) is 2.50. The number of hydrogen-bond acceptors (Lipinski definition) is 2. The fourth-order valence-corrected chi connectivity index (χ4v) is 1.93. The third kappa shape index (κ3) is 2.55. The molecule has 19 heavy (non-hydrogen) atoms. The molecule has 3 heteroatoms. The maximum Gasteiger partial charge on any atom is 0.272 e. The number of fused-ring (bicyclic) bond motifs is 1. The van der Waals surface area contributed by atoms with E-state index in [0.29, 0.717) is 12.3 Å². The van der Waals surface area contributed by atoms with Gasteiger partial charge in [-0.1, -0.05) is 62.4 Å². The number of hydrogen-bond donors (Lipinski definition) is 1. The summed E-state index contributed by atoms with van der Waals surface area (Å²) >= 11 is 0. The fourth-order valence-electron chi connectivity index (χ4n) is 1.93. The Morgan fingerprint density at radius 1 is 1.00 bits per heavy atom. The molecule has 0 saturated heterocycles. The molecule has 1 heterocycles. The Bertz CT molecular complexity index is 738. The molecule has 1 aromatic heterocycles. The second kappa shape index (κ2) is 5.96. The fraction of sp³-hybridized carbons (Fsp3) is 0.125. The van der Waals surface area contributed by atoms with E-state index in [1.165, 1.54) is 0 Å². The van der Waals surface area contributed by atoms with Gasteiger partial charge in [-0.25, -0.2) is 5.10 Å². The van der Waals surface area contributed by atoms with Crippen molar-refractivity contribution in [2.75, 3.05) is 0 Å². The molecule has 1 N–H and O–H groups in total. The lowest BCUT2D eigenvalue weighted by Crippen LogP contribution is -2.09. The van der Waals surface area contributed by atoms with Crippen LogP contribution in [0.3, 0.4) is 0 Å². The smallest absolute Gasteiger partial charge is 0.267 e. The quantitative estimate of drug-likeness (QED) is 0.720. The highest BCUT2D eigenvalue weighted by molar-refractivity contribution is 5.93. The van der Waals surface area contributed by atoms with Gasteiger partial charge in [-0.15, -0.1) is 0 Å². The Kier molecular flexibility index (Phi) is 3.65. The zero-order valence-electron chi connectivity index (χ0n) is 11.8. The van der Waals surface area contributed by atoms with Gasteiger partial charge in [0, 0.05) is 12.3 Å². The van der Waals surface area contributed by atoms with Gasteiger partial charge in [-0.2, -0.15) is 5.10 Å². The number of aromatic nitrogens is 2. The zero-order chi connectivity index (χ0) is 14.4. The molecule has 0 bridgehead atoms. The van der Waals surface area contributed by atoms with E-state index in [1.54, 1.807) is 6.92 Å². The van der Waals surface area contributed by atoms with Crippen LogP contribution in [0.1, 0.15) is 15.2 Å². The topological polar surface area (TPSA) is 45.8 Å². The molecule has 3 rings (SSSR count). The van der Waals surface area contributed by atoms with Gasteiger partial charge in [0.15, 0.2) is 0 Å². The number of H-pyrrole nitrogens is 1. The molecule has 96 valence electrons. The molecule has 0 aliphatic carbocycles. The minimum absolute atomic E-state index is 0.153. The van der Waals surface area contributed by atoms with Crippen LogP contribution in [-0.2, 0) is 0 Å². The lowest BCUT2D eigenvalue weighted by atomic mass is 10.1. The standard InChI is InChI=1S/C14H10N2O.C2H6/c17-14-12-9-5-4-8-11(12)13(15-16-14)10-6-2-1-3-7-10;1-2/h1-9H,(H,16,17);1-2H3/i;1D. The summed E-state index contributed by atoms with van der Waals surface area (Å²) in [5.41, 5.74) is 1.65. The zero-order valence-corrected chi connectivity index (χ0v) is 10.8. The second-order valence-corrected chi connectivity index (χ2v) is 3.81. The van der Waals surface area contributed by atoms with Crippen molar-refractivity contribution in [1.82, 2.24) is 10.2 Å². The lowest BCUT2D eigenvalue weighted by molar-refractivity contribution is 1.02. The van der Waals surface area contributed by atoms with E-state index in [4.69, 9.17) is 1.37 Å². The SMILES string of the molecule is O=c1[nH]nc(-c2ccccc2)c2ccccc12.[2H]CC. The third-order valence-corrected chi connectivity index (χ3v) is 2.74. The van der Waals surface area contributed by atoms with E-state index in [-0.39, 0.29) is 5.56 Å². The van der Waals surface area contributed by atoms with Crippen molar-refractivity contribution in [3.8, 4) is 11.3 Å². The molecule has 0 radical (unpaired) electrons. The van der Waals surface area contributed by atoms with E-state index < -0.39 is 0 Å². The van der Waals surface area contributed by atoms with Crippen LogP contribution in [0.25, 0.3) is 22.0 Å². The van der Waals surface area contributed by atoms with Gasteiger partial charge in [0.1, 0.15) is 0 Å². The monoisotopic (exact) mass is 253 g/mol. The number of benzene rings is 2. The van der Waals surface area contributed by atoms with Crippen molar-refractivity contribution >= 4 is 10.8 Å². The molecular weight excluding hydrogens is 236 g/mol. The number of aromatic amines is 1.